The van der Waals surface area contributed by atoms with Gasteiger partial charge >= 0.3 is 0 Å². The summed E-state index contributed by atoms with van der Waals surface area (Å²) in [5.74, 6) is 0. The molecule has 2 aliphatic heterocycles. The lowest BCUT2D eigenvalue weighted by Gasteiger charge is -2.38. The van der Waals surface area contributed by atoms with Gasteiger partial charge in [-0.3, -0.25) is 4.90 Å². The standard InChI is InChI=1S/C14H26N2O3S/c1-11(2)16-7-6-14(10-16)9-12(5-8-19-14)15-20(17,18)13-3-4-13/h11-13,15H,3-10H2,1-2H3/t12-,14+/m0/s1. The predicted octanol–water partition coefficient (Wildman–Crippen LogP) is 1.10. The van der Waals surface area contributed by atoms with E-state index in [9.17, 15) is 8.42 Å². The second kappa shape index (κ2) is 5.23. The Kier molecular flexibility index (Phi) is 3.86. The van der Waals surface area contributed by atoms with Crippen molar-refractivity contribution in [2.75, 3.05) is 19.7 Å². The summed E-state index contributed by atoms with van der Waals surface area (Å²) >= 11 is 0. The van der Waals surface area contributed by atoms with Crippen molar-refractivity contribution in [2.45, 2.75) is 68.9 Å². The van der Waals surface area contributed by atoms with Crippen molar-refractivity contribution in [3.05, 3.63) is 0 Å². The van der Waals surface area contributed by atoms with Crippen LogP contribution in [0.5, 0.6) is 0 Å². The Hall–Kier alpha value is -0.170. The van der Waals surface area contributed by atoms with Crippen LogP contribution >= 0.6 is 0 Å². The third-order valence-corrected chi connectivity index (χ3v) is 6.87. The van der Waals surface area contributed by atoms with Crippen LogP contribution in [-0.4, -0.2) is 55.9 Å². The first-order valence-electron chi connectivity index (χ1n) is 7.79. The second-order valence-corrected chi connectivity index (χ2v) is 8.89. The van der Waals surface area contributed by atoms with Crippen LogP contribution in [0.1, 0.15) is 46.0 Å². The summed E-state index contributed by atoms with van der Waals surface area (Å²) < 4.78 is 33.1. The Morgan fingerprint density at radius 3 is 2.65 bits per heavy atom. The molecular formula is C14H26N2O3S. The Morgan fingerprint density at radius 1 is 1.30 bits per heavy atom. The van der Waals surface area contributed by atoms with E-state index < -0.39 is 10.0 Å². The lowest BCUT2D eigenvalue weighted by molar-refractivity contribution is -0.0788. The molecule has 0 unspecified atom stereocenters. The fraction of sp³-hybridized carbons (Fsp3) is 1.00. The number of ether oxygens (including phenoxy) is 1. The first-order valence-corrected chi connectivity index (χ1v) is 9.34. The summed E-state index contributed by atoms with van der Waals surface area (Å²) in [6.45, 7) is 7.07. The Bertz CT molecular complexity index is 461. The zero-order chi connectivity index (χ0) is 14.4. The maximum absolute atomic E-state index is 12.1. The van der Waals surface area contributed by atoms with Crippen LogP contribution in [0.3, 0.4) is 0 Å². The van der Waals surface area contributed by atoms with Crippen molar-refractivity contribution in [3.63, 3.8) is 0 Å². The van der Waals surface area contributed by atoms with Gasteiger partial charge in [0, 0.05) is 31.8 Å². The van der Waals surface area contributed by atoms with E-state index in [0.717, 1.165) is 45.2 Å². The SMILES string of the molecule is CC(C)N1CC[C@@]2(C[C@@H](NS(=O)(=O)C3CC3)CCO2)C1. The van der Waals surface area contributed by atoms with Gasteiger partial charge in [0.2, 0.25) is 10.0 Å². The summed E-state index contributed by atoms with van der Waals surface area (Å²) in [5.41, 5.74) is -0.126. The number of rotatable bonds is 4. The van der Waals surface area contributed by atoms with Gasteiger partial charge in [0.15, 0.2) is 0 Å². The quantitative estimate of drug-likeness (QED) is 0.845. The van der Waals surface area contributed by atoms with E-state index in [0.29, 0.717) is 12.6 Å². The average Bonchev–Trinajstić information content (AvgIpc) is 3.14. The Morgan fingerprint density at radius 2 is 2.05 bits per heavy atom. The third-order valence-electron chi connectivity index (χ3n) is 4.86. The number of sulfonamides is 1. The maximum atomic E-state index is 12.1. The van der Waals surface area contributed by atoms with E-state index in [4.69, 9.17) is 4.74 Å². The van der Waals surface area contributed by atoms with Gasteiger partial charge in [-0.25, -0.2) is 13.1 Å². The molecule has 6 heteroatoms. The highest BCUT2D eigenvalue weighted by molar-refractivity contribution is 7.90. The summed E-state index contributed by atoms with van der Waals surface area (Å²) in [6, 6.07) is 0.586. The molecule has 2 atom stereocenters. The van der Waals surface area contributed by atoms with E-state index >= 15 is 0 Å². The van der Waals surface area contributed by atoms with Gasteiger partial charge in [0.25, 0.3) is 0 Å². The second-order valence-electron chi connectivity index (χ2n) is 6.90. The molecule has 2 saturated heterocycles. The number of hydrogen-bond donors (Lipinski definition) is 1. The molecule has 0 aromatic rings. The van der Waals surface area contributed by atoms with Crippen LogP contribution in [0, 0.1) is 0 Å². The highest BCUT2D eigenvalue weighted by atomic mass is 32.2. The molecular weight excluding hydrogens is 276 g/mol. The molecule has 3 aliphatic rings. The highest BCUT2D eigenvalue weighted by Gasteiger charge is 2.45. The van der Waals surface area contributed by atoms with Crippen molar-refractivity contribution in [1.29, 1.82) is 0 Å². The largest absolute Gasteiger partial charge is 0.373 e. The van der Waals surface area contributed by atoms with Gasteiger partial charge in [-0.1, -0.05) is 0 Å². The van der Waals surface area contributed by atoms with Crippen LogP contribution in [0.15, 0.2) is 0 Å². The van der Waals surface area contributed by atoms with Gasteiger partial charge in [0.1, 0.15) is 0 Å². The smallest absolute Gasteiger partial charge is 0.214 e. The van der Waals surface area contributed by atoms with E-state index in [1.165, 1.54) is 0 Å². The molecule has 1 aliphatic carbocycles. The summed E-state index contributed by atoms with van der Waals surface area (Å²) in [4.78, 5) is 2.43. The van der Waals surface area contributed by atoms with Crippen LogP contribution in [-0.2, 0) is 14.8 Å². The van der Waals surface area contributed by atoms with Crippen molar-refractivity contribution < 1.29 is 13.2 Å². The van der Waals surface area contributed by atoms with Gasteiger partial charge in [0.05, 0.1) is 10.9 Å². The van der Waals surface area contributed by atoms with Gasteiger partial charge < -0.3 is 4.74 Å². The number of nitrogens with one attached hydrogen (secondary N) is 1. The number of hydrogen-bond acceptors (Lipinski definition) is 4. The van der Waals surface area contributed by atoms with Gasteiger partial charge in [-0.05, 0) is 46.0 Å². The molecule has 3 rings (SSSR count). The molecule has 0 aromatic carbocycles. The lowest BCUT2D eigenvalue weighted by Crippen LogP contribution is -2.50. The van der Waals surface area contributed by atoms with Crippen molar-refractivity contribution in [1.82, 2.24) is 9.62 Å². The molecule has 116 valence electrons. The molecule has 0 amide bonds. The Balaban J connectivity index is 1.62. The molecule has 0 bridgehead atoms. The zero-order valence-corrected chi connectivity index (χ0v) is 13.3. The molecule has 2 heterocycles. The van der Waals surface area contributed by atoms with E-state index in [-0.39, 0.29) is 16.9 Å². The minimum atomic E-state index is -3.08. The molecule has 0 radical (unpaired) electrons. The molecule has 20 heavy (non-hydrogen) atoms. The number of nitrogens with zero attached hydrogens (tertiary/aromatic N) is 1. The fourth-order valence-electron chi connectivity index (χ4n) is 3.44. The minimum Gasteiger partial charge on any atom is -0.373 e. The molecule has 3 fully saturated rings. The predicted molar refractivity (Wildman–Crippen MR) is 78.1 cm³/mol. The van der Waals surface area contributed by atoms with E-state index in [1.807, 2.05) is 0 Å². The van der Waals surface area contributed by atoms with Crippen molar-refractivity contribution in [3.8, 4) is 0 Å². The first-order chi connectivity index (χ1) is 9.40. The van der Waals surface area contributed by atoms with E-state index in [1.54, 1.807) is 0 Å². The zero-order valence-electron chi connectivity index (χ0n) is 12.5. The number of likely N-dealkylation sites (tertiary alicyclic amines) is 1. The fourth-order valence-corrected chi connectivity index (χ4v) is 5.05. The van der Waals surface area contributed by atoms with Crippen LogP contribution in [0.2, 0.25) is 0 Å². The van der Waals surface area contributed by atoms with E-state index in [2.05, 4.69) is 23.5 Å². The minimum absolute atomic E-state index is 0.0569. The summed E-state index contributed by atoms with van der Waals surface area (Å²) in [6.07, 6.45) is 4.29. The van der Waals surface area contributed by atoms with Crippen LogP contribution in [0.4, 0.5) is 0 Å². The molecule has 5 nitrogen and oxygen atoms in total. The van der Waals surface area contributed by atoms with Crippen molar-refractivity contribution >= 4 is 10.0 Å². The normalized spacial score (nSPS) is 36.0. The van der Waals surface area contributed by atoms with Crippen molar-refractivity contribution in [2.24, 2.45) is 0 Å². The average molecular weight is 302 g/mol. The highest BCUT2D eigenvalue weighted by Crippen LogP contribution is 2.36. The first kappa shape index (κ1) is 14.8. The molecule has 1 N–H and O–H groups in total. The van der Waals surface area contributed by atoms with Gasteiger partial charge in [-0.2, -0.15) is 0 Å². The maximum Gasteiger partial charge on any atom is 0.214 e. The third kappa shape index (κ3) is 3.03. The summed E-state index contributed by atoms with van der Waals surface area (Å²) in [5, 5.41) is -0.128. The monoisotopic (exact) mass is 302 g/mol. The topological polar surface area (TPSA) is 58.6 Å². The molecule has 1 saturated carbocycles. The van der Waals surface area contributed by atoms with Gasteiger partial charge in [-0.15, -0.1) is 0 Å². The lowest BCUT2D eigenvalue weighted by atomic mass is 9.90. The molecule has 1 spiro atoms. The Labute approximate surface area is 122 Å². The molecule has 0 aromatic heterocycles. The van der Waals surface area contributed by atoms with Crippen LogP contribution in [0.25, 0.3) is 0 Å². The summed E-state index contributed by atoms with van der Waals surface area (Å²) in [7, 11) is -3.08. The van der Waals surface area contributed by atoms with Crippen LogP contribution < -0.4 is 4.72 Å².